The molecule has 5 rings (SSSR count). The van der Waals surface area contributed by atoms with Crippen LogP contribution in [0.5, 0.6) is 23.0 Å². The van der Waals surface area contributed by atoms with Crippen LogP contribution in [0, 0.1) is 0 Å². The molecule has 0 bridgehead atoms. The van der Waals surface area contributed by atoms with E-state index in [1.165, 1.54) is 0 Å². The SMILES string of the molecule is COc1ccc(-c2c(C(=O)c3ccccc3)oc3c(-c4cc(OC)c(OC)c(OC)c4)ccnc23)cc1. The number of hydrogen-bond acceptors (Lipinski definition) is 7. The minimum absolute atomic E-state index is 0.207. The molecular weight excluding hydrogens is 470 g/mol. The number of hydrogen-bond donors (Lipinski definition) is 0. The van der Waals surface area contributed by atoms with Gasteiger partial charge in [-0.3, -0.25) is 9.78 Å². The third-order valence-corrected chi connectivity index (χ3v) is 6.17. The molecule has 3 aromatic carbocycles. The number of pyridine rings is 1. The lowest BCUT2D eigenvalue weighted by Gasteiger charge is -2.14. The van der Waals surface area contributed by atoms with Crippen LogP contribution in [-0.4, -0.2) is 39.2 Å². The van der Waals surface area contributed by atoms with Gasteiger partial charge in [-0.2, -0.15) is 0 Å². The van der Waals surface area contributed by atoms with Crippen LogP contribution >= 0.6 is 0 Å². The van der Waals surface area contributed by atoms with Crippen LogP contribution in [0.25, 0.3) is 33.4 Å². The van der Waals surface area contributed by atoms with Crippen LogP contribution in [-0.2, 0) is 0 Å². The fourth-order valence-corrected chi connectivity index (χ4v) is 4.36. The Morgan fingerprint density at radius 2 is 1.43 bits per heavy atom. The van der Waals surface area contributed by atoms with Gasteiger partial charge in [-0.1, -0.05) is 42.5 Å². The number of nitrogens with zero attached hydrogens (tertiary/aromatic N) is 1. The van der Waals surface area contributed by atoms with Crippen molar-refractivity contribution in [1.29, 1.82) is 0 Å². The summed E-state index contributed by atoms with van der Waals surface area (Å²) in [7, 11) is 6.29. The Labute approximate surface area is 214 Å². The van der Waals surface area contributed by atoms with Gasteiger partial charge >= 0.3 is 0 Å². The molecule has 0 radical (unpaired) electrons. The van der Waals surface area contributed by atoms with Crippen molar-refractivity contribution in [2.45, 2.75) is 0 Å². The maximum absolute atomic E-state index is 13.7. The van der Waals surface area contributed by atoms with Crippen molar-refractivity contribution in [3.05, 3.63) is 90.3 Å². The molecule has 0 amide bonds. The van der Waals surface area contributed by atoms with Crippen molar-refractivity contribution in [2.75, 3.05) is 28.4 Å². The van der Waals surface area contributed by atoms with Gasteiger partial charge in [0.1, 0.15) is 11.3 Å². The number of rotatable bonds is 8. The van der Waals surface area contributed by atoms with E-state index in [2.05, 4.69) is 4.98 Å². The molecule has 0 N–H and O–H groups in total. The molecule has 0 saturated heterocycles. The number of fused-ring (bicyclic) bond motifs is 1. The molecule has 7 nitrogen and oxygen atoms in total. The Balaban J connectivity index is 1.78. The molecule has 0 aliphatic rings. The maximum atomic E-state index is 13.7. The molecule has 7 heteroatoms. The zero-order valence-electron chi connectivity index (χ0n) is 20.9. The second-order valence-electron chi connectivity index (χ2n) is 8.18. The molecular formula is C30H25NO6. The first kappa shape index (κ1) is 23.9. The zero-order chi connectivity index (χ0) is 25.9. The van der Waals surface area contributed by atoms with Gasteiger partial charge in [0, 0.05) is 17.3 Å². The molecule has 0 fully saturated rings. The molecule has 0 aliphatic carbocycles. The van der Waals surface area contributed by atoms with E-state index in [0.29, 0.717) is 45.2 Å². The van der Waals surface area contributed by atoms with E-state index in [1.807, 2.05) is 60.7 Å². The van der Waals surface area contributed by atoms with E-state index in [-0.39, 0.29) is 11.5 Å². The summed E-state index contributed by atoms with van der Waals surface area (Å²) in [5.74, 6) is 2.17. The number of carbonyl (C=O) groups is 1. The van der Waals surface area contributed by atoms with Crippen molar-refractivity contribution in [3.63, 3.8) is 0 Å². The number of benzene rings is 3. The quantitative estimate of drug-likeness (QED) is 0.230. The van der Waals surface area contributed by atoms with Crippen LogP contribution in [0.4, 0.5) is 0 Å². The molecule has 2 aromatic heterocycles. The van der Waals surface area contributed by atoms with Crippen LogP contribution in [0.1, 0.15) is 16.1 Å². The topological polar surface area (TPSA) is 80.0 Å². The normalized spacial score (nSPS) is 10.8. The minimum atomic E-state index is -0.236. The summed E-state index contributed by atoms with van der Waals surface area (Å²) in [6.07, 6.45) is 1.69. The summed E-state index contributed by atoms with van der Waals surface area (Å²) < 4.78 is 28.3. The fourth-order valence-electron chi connectivity index (χ4n) is 4.36. The number of furan rings is 1. The maximum Gasteiger partial charge on any atom is 0.228 e. The van der Waals surface area contributed by atoms with Crippen LogP contribution in [0.3, 0.4) is 0 Å². The monoisotopic (exact) mass is 495 g/mol. The number of aromatic nitrogens is 1. The highest BCUT2D eigenvalue weighted by Gasteiger charge is 2.26. The summed E-state index contributed by atoms with van der Waals surface area (Å²) in [5, 5.41) is 0. The lowest BCUT2D eigenvalue weighted by molar-refractivity contribution is 0.101. The summed E-state index contributed by atoms with van der Waals surface area (Å²) in [6.45, 7) is 0. The van der Waals surface area contributed by atoms with Crippen LogP contribution in [0.15, 0.2) is 83.4 Å². The van der Waals surface area contributed by atoms with Gasteiger partial charge in [0.05, 0.1) is 34.0 Å². The summed E-state index contributed by atoms with van der Waals surface area (Å²) in [6, 6.07) is 22.0. The zero-order valence-corrected chi connectivity index (χ0v) is 20.9. The second-order valence-corrected chi connectivity index (χ2v) is 8.18. The number of ketones is 1. The van der Waals surface area contributed by atoms with Gasteiger partial charge in [0.15, 0.2) is 22.8 Å². The molecule has 37 heavy (non-hydrogen) atoms. The highest BCUT2D eigenvalue weighted by molar-refractivity contribution is 6.16. The average Bonchev–Trinajstić information content (AvgIpc) is 3.36. The second kappa shape index (κ2) is 10.1. The molecule has 186 valence electrons. The van der Waals surface area contributed by atoms with E-state index in [1.54, 1.807) is 46.8 Å². The molecule has 0 unspecified atom stereocenters. The van der Waals surface area contributed by atoms with Crippen molar-refractivity contribution >= 4 is 16.9 Å². The van der Waals surface area contributed by atoms with Gasteiger partial charge in [0.2, 0.25) is 11.5 Å². The predicted molar refractivity (Wildman–Crippen MR) is 141 cm³/mol. The Morgan fingerprint density at radius 1 is 0.757 bits per heavy atom. The molecule has 0 aliphatic heterocycles. The first-order valence-electron chi connectivity index (χ1n) is 11.6. The molecule has 0 saturated carbocycles. The highest BCUT2D eigenvalue weighted by atomic mass is 16.5. The molecule has 0 spiro atoms. The lowest BCUT2D eigenvalue weighted by Crippen LogP contribution is -2.01. The van der Waals surface area contributed by atoms with E-state index in [0.717, 1.165) is 16.7 Å². The van der Waals surface area contributed by atoms with Crippen LogP contribution < -0.4 is 18.9 Å². The molecule has 2 heterocycles. The van der Waals surface area contributed by atoms with Gasteiger partial charge in [-0.15, -0.1) is 0 Å². The predicted octanol–water partition coefficient (Wildman–Crippen LogP) is 6.43. The van der Waals surface area contributed by atoms with Gasteiger partial charge in [-0.05, 0) is 41.5 Å². The van der Waals surface area contributed by atoms with Crippen molar-refractivity contribution < 1.29 is 28.2 Å². The Kier molecular flexibility index (Phi) is 6.51. The summed E-state index contributed by atoms with van der Waals surface area (Å²) >= 11 is 0. The first-order valence-corrected chi connectivity index (χ1v) is 11.6. The van der Waals surface area contributed by atoms with Crippen molar-refractivity contribution in [3.8, 4) is 45.3 Å². The van der Waals surface area contributed by atoms with Crippen molar-refractivity contribution in [2.24, 2.45) is 0 Å². The lowest BCUT2D eigenvalue weighted by atomic mass is 9.98. The Bertz CT molecular complexity index is 1550. The minimum Gasteiger partial charge on any atom is -0.497 e. The third kappa shape index (κ3) is 4.25. The fraction of sp³-hybridized carbons (Fsp3) is 0.133. The number of ether oxygens (including phenoxy) is 4. The average molecular weight is 496 g/mol. The standard InChI is InChI=1S/C30H25NO6/c1-33-21-12-10-18(11-13-21)25-26-28(37-30(25)27(32)19-8-6-5-7-9-19)22(14-15-31-26)20-16-23(34-2)29(36-4)24(17-20)35-3/h5-17H,1-4H3. The van der Waals surface area contributed by atoms with E-state index in [4.69, 9.17) is 23.4 Å². The van der Waals surface area contributed by atoms with Gasteiger partial charge < -0.3 is 23.4 Å². The number of methoxy groups -OCH3 is 4. The Morgan fingerprint density at radius 3 is 2.03 bits per heavy atom. The van der Waals surface area contributed by atoms with E-state index >= 15 is 0 Å². The van der Waals surface area contributed by atoms with Gasteiger partial charge in [-0.25, -0.2) is 0 Å². The van der Waals surface area contributed by atoms with E-state index in [9.17, 15) is 4.79 Å². The van der Waals surface area contributed by atoms with Crippen molar-refractivity contribution in [1.82, 2.24) is 4.98 Å². The molecule has 0 atom stereocenters. The first-order chi connectivity index (χ1) is 18.1. The van der Waals surface area contributed by atoms with E-state index < -0.39 is 0 Å². The highest BCUT2D eigenvalue weighted by Crippen LogP contribution is 2.44. The number of carbonyl (C=O) groups excluding carboxylic acids is 1. The third-order valence-electron chi connectivity index (χ3n) is 6.17. The largest absolute Gasteiger partial charge is 0.497 e. The summed E-state index contributed by atoms with van der Waals surface area (Å²) in [4.78, 5) is 18.3. The smallest absolute Gasteiger partial charge is 0.228 e. The van der Waals surface area contributed by atoms with Gasteiger partial charge in [0.25, 0.3) is 0 Å². The van der Waals surface area contributed by atoms with Crippen LogP contribution in [0.2, 0.25) is 0 Å². The molecule has 5 aromatic rings. The summed E-state index contributed by atoms with van der Waals surface area (Å²) in [5.41, 5.74) is 4.44. The Hall–Kier alpha value is -4.78.